The van der Waals surface area contributed by atoms with Crippen LogP contribution in [0.1, 0.15) is 0 Å². The molecule has 0 aliphatic rings. The van der Waals surface area contributed by atoms with Gasteiger partial charge in [-0.15, -0.1) is 0 Å². The fourth-order valence-electron chi connectivity index (χ4n) is 0.442. The van der Waals surface area contributed by atoms with Crippen LogP contribution < -0.4 is 0 Å². The lowest BCUT2D eigenvalue weighted by Crippen LogP contribution is -2.34. The second kappa shape index (κ2) is 11.9. The summed E-state index contributed by atoms with van der Waals surface area (Å²) < 4.78 is 3.86. The van der Waals surface area contributed by atoms with Gasteiger partial charge in [0.2, 0.25) is 0 Å². The highest BCUT2D eigenvalue weighted by Gasteiger charge is 2.23. The summed E-state index contributed by atoms with van der Waals surface area (Å²) in [5.74, 6) is -2.75. The third-order valence-corrected chi connectivity index (χ3v) is 1.51. The smallest absolute Gasteiger partial charge is 0.345 e. The van der Waals surface area contributed by atoms with Crippen LogP contribution in [-0.4, -0.2) is 92.4 Å². The van der Waals surface area contributed by atoms with Gasteiger partial charge in [-0.1, -0.05) is 0 Å². The maximum atomic E-state index is 10.6. The lowest BCUT2D eigenvalue weighted by Gasteiger charge is -2.08. The minimum Gasteiger partial charge on any atom is -0.394 e. The first-order valence-electron chi connectivity index (χ1n) is 5.07. The number of carbonyl (C=O) groups excluding carboxylic acids is 2. The minimum absolute atomic E-state index is 0.365. The van der Waals surface area contributed by atoms with Crippen molar-refractivity contribution in [3.63, 3.8) is 0 Å². The van der Waals surface area contributed by atoms with Crippen molar-refractivity contribution >= 4 is 11.9 Å². The van der Waals surface area contributed by atoms with E-state index in [9.17, 15) is 9.59 Å². The normalized spacial score (nSPS) is 13.3. The molecule has 2 unspecified atom stereocenters. The fraction of sp³-hybridized carbons (Fsp3) is 0.778. The first-order valence-corrected chi connectivity index (χ1v) is 5.07. The zero-order valence-corrected chi connectivity index (χ0v) is 9.92. The second-order valence-electron chi connectivity index (χ2n) is 3.16. The molecule has 0 fully saturated rings. The minimum atomic E-state index is -1.82. The molecule has 0 radical (unpaired) electrons. The molecule has 0 heterocycles. The average molecular weight is 286 g/mol. The molecule has 0 aromatic carbocycles. The maximum Gasteiger partial charge on any atom is 0.345 e. The molecule has 10 heteroatoms. The van der Waals surface area contributed by atoms with Crippen molar-refractivity contribution in [2.75, 3.05) is 26.4 Å². The van der Waals surface area contributed by atoms with Gasteiger partial charge in [0.05, 0.1) is 26.4 Å². The molecule has 0 saturated carbocycles. The fourth-order valence-corrected chi connectivity index (χ4v) is 0.442. The number of aliphatic hydroxyl groups excluding tert-OH is 7. The van der Waals surface area contributed by atoms with Gasteiger partial charge in [0.25, 0.3) is 0 Å². The molecule has 0 aromatic rings. The van der Waals surface area contributed by atoms with Crippen molar-refractivity contribution in [3.8, 4) is 0 Å². The van der Waals surface area contributed by atoms with E-state index in [1.807, 2.05) is 0 Å². The van der Waals surface area contributed by atoms with E-state index in [4.69, 9.17) is 35.7 Å². The first kappa shape index (κ1) is 20.2. The quantitative estimate of drug-likeness (QED) is 0.184. The highest BCUT2D eigenvalue weighted by molar-refractivity contribution is 5.89. The predicted molar refractivity (Wildman–Crippen MR) is 57.5 cm³/mol. The van der Waals surface area contributed by atoms with Crippen LogP contribution in [0.15, 0.2) is 0 Å². The molecule has 0 bridgehead atoms. The Kier molecular flexibility index (Phi) is 12.7. The third-order valence-electron chi connectivity index (χ3n) is 1.51. The number of aliphatic hydroxyl groups is 7. The summed E-state index contributed by atoms with van der Waals surface area (Å²) in [5.41, 5.74) is 0. The maximum absolute atomic E-state index is 10.6. The lowest BCUT2D eigenvalue weighted by atomic mass is 10.3. The highest BCUT2D eigenvalue weighted by Crippen LogP contribution is 1.92. The van der Waals surface area contributed by atoms with E-state index in [0.717, 1.165) is 0 Å². The van der Waals surface area contributed by atoms with Crippen LogP contribution in [0.25, 0.3) is 0 Å². The summed E-state index contributed by atoms with van der Waals surface area (Å²) in [4.78, 5) is 21.1. The molecule has 2 atom stereocenters. The van der Waals surface area contributed by atoms with Gasteiger partial charge in [-0.05, 0) is 0 Å². The molecule has 0 saturated heterocycles. The average Bonchev–Trinajstić information content (AvgIpc) is 2.44. The summed E-state index contributed by atoms with van der Waals surface area (Å²) >= 11 is 0. The van der Waals surface area contributed by atoms with E-state index in [1.54, 1.807) is 0 Å². The Morgan fingerprint density at radius 1 is 0.737 bits per heavy atom. The Hall–Kier alpha value is -1.14. The summed E-state index contributed by atoms with van der Waals surface area (Å²) in [6.07, 6.45) is -4.60. The van der Waals surface area contributed by atoms with Crippen LogP contribution >= 0.6 is 0 Å². The second-order valence-corrected chi connectivity index (χ2v) is 3.16. The van der Waals surface area contributed by atoms with Crippen LogP contribution in [0.2, 0.25) is 0 Å². The number of esters is 2. The molecule has 0 amide bonds. The first-order chi connectivity index (χ1) is 8.83. The molecule has 0 spiro atoms. The molecular weight excluding hydrogens is 268 g/mol. The molecule has 114 valence electrons. The predicted octanol–water partition coefficient (Wildman–Crippen LogP) is -4.91. The summed E-state index contributed by atoms with van der Waals surface area (Å²) in [5, 5.41) is 57.7. The molecule has 0 aliphatic heterocycles. The van der Waals surface area contributed by atoms with Crippen LogP contribution in [0.4, 0.5) is 0 Å². The molecule has 7 N–H and O–H groups in total. The Morgan fingerprint density at radius 3 is 1.21 bits per heavy atom. The van der Waals surface area contributed by atoms with E-state index < -0.39 is 43.5 Å². The standard InChI is InChI=1S/C6H10O7.C3H8O3/c7-1-3(9)5(11)13-6(12)4(10)2-8;4-1-3(6)2-5/h3-4,7-10H,1-2H2;3-6H,1-2H2. The summed E-state index contributed by atoms with van der Waals surface area (Å²) in [6.45, 7) is -2.50. The third kappa shape index (κ3) is 10.5. The van der Waals surface area contributed by atoms with E-state index >= 15 is 0 Å². The summed E-state index contributed by atoms with van der Waals surface area (Å²) in [7, 11) is 0. The Bertz CT molecular complexity index is 231. The lowest BCUT2D eigenvalue weighted by molar-refractivity contribution is -0.173. The Morgan fingerprint density at radius 2 is 1.05 bits per heavy atom. The van der Waals surface area contributed by atoms with Crippen molar-refractivity contribution in [3.05, 3.63) is 0 Å². The number of hydrogen-bond donors (Lipinski definition) is 7. The molecule has 0 aromatic heterocycles. The van der Waals surface area contributed by atoms with Crippen LogP contribution in [0.3, 0.4) is 0 Å². The monoisotopic (exact) mass is 286 g/mol. The number of rotatable bonds is 6. The van der Waals surface area contributed by atoms with E-state index in [-0.39, 0.29) is 13.2 Å². The number of hydrogen-bond acceptors (Lipinski definition) is 10. The van der Waals surface area contributed by atoms with E-state index in [2.05, 4.69) is 4.74 Å². The Labute approximate surface area is 108 Å². The van der Waals surface area contributed by atoms with Crippen molar-refractivity contribution in [2.24, 2.45) is 0 Å². The van der Waals surface area contributed by atoms with Gasteiger partial charge in [-0.2, -0.15) is 0 Å². The van der Waals surface area contributed by atoms with Gasteiger partial charge in [0.15, 0.2) is 12.2 Å². The highest BCUT2D eigenvalue weighted by atomic mass is 16.6. The van der Waals surface area contributed by atoms with Crippen LogP contribution in [0, 0.1) is 0 Å². The topological polar surface area (TPSA) is 185 Å². The molecule has 0 aliphatic carbocycles. The van der Waals surface area contributed by atoms with Crippen molar-refractivity contribution in [2.45, 2.75) is 18.3 Å². The summed E-state index contributed by atoms with van der Waals surface area (Å²) in [6, 6.07) is 0. The molecule has 10 nitrogen and oxygen atoms in total. The SMILES string of the molecule is O=C(OC(=O)C(O)CO)C(O)CO.OCC(O)CO. The van der Waals surface area contributed by atoms with Gasteiger partial charge in [-0.25, -0.2) is 9.59 Å². The van der Waals surface area contributed by atoms with Gasteiger partial charge in [-0.3, -0.25) is 0 Å². The van der Waals surface area contributed by atoms with Gasteiger partial charge < -0.3 is 40.5 Å². The van der Waals surface area contributed by atoms with Crippen molar-refractivity contribution in [1.29, 1.82) is 0 Å². The zero-order valence-electron chi connectivity index (χ0n) is 9.92. The molecular formula is C9H18O10. The molecule has 19 heavy (non-hydrogen) atoms. The van der Waals surface area contributed by atoms with Crippen LogP contribution in [0.5, 0.6) is 0 Å². The van der Waals surface area contributed by atoms with Gasteiger partial charge in [0, 0.05) is 0 Å². The van der Waals surface area contributed by atoms with Gasteiger partial charge >= 0.3 is 11.9 Å². The number of ether oxygens (including phenoxy) is 1. The Balaban J connectivity index is 0. The van der Waals surface area contributed by atoms with E-state index in [1.165, 1.54) is 0 Å². The van der Waals surface area contributed by atoms with Gasteiger partial charge in [0.1, 0.15) is 6.10 Å². The van der Waals surface area contributed by atoms with Crippen molar-refractivity contribution < 1.29 is 50.1 Å². The van der Waals surface area contributed by atoms with Crippen molar-refractivity contribution in [1.82, 2.24) is 0 Å². The number of carbonyl (C=O) groups is 2. The zero-order chi connectivity index (χ0) is 15.4. The van der Waals surface area contributed by atoms with Crippen LogP contribution in [-0.2, 0) is 14.3 Å². The largest absolute Gasteiger partial charge is 0.394 e. The molecule has 0 rings (SSSR count). The van der Waals surface area contributed by atoms with E-state index in [0.29, 0.717) is 0 Å².